The van der Waals surface area contributed by atoms with Crippen LogP contribution in [0.25, 0.3) is 11.0 Å². The van der Waals surface area contributed by atoms with Crippen LogP contribution in [-0.4, -0.2) is 48.9 Å². The van der Waals surface area contributed by atoms with E-state index in [-0.39, 0.29) is 16.6 Å². The van der Waals surface area contributed by atoms with E-state index >= 15 is 0 Å². The molecule has 3 rings (SSSR count). The number of rotatable bonds is 3. The van der Waals surface area contributed by atoms with Crippen molar-refractivity contribution in [2.75, 3.05) is 20.1 Å². The van der Waals surface area contributed by atoms with Crippen molar-refractivity contribution in [2.45, 2.75) is 10.9 Å². The molecular weight excluding hydrogens is 268 g/mol. The summed E-state index contributed by atoms with van der Waals surface area (Å²) in [6.45, 7) is 1.33. The van der Waals surface area contributed by atoms with Gasteiger partial charge in [-0.25, -0.2) is 13.2 Å². The van der Waals surface area contributed by atoms with Crippen LogP contribution in [0.15, 0.2) is 27.9 Å². The quantitative estimate of drug-likeness (QED) is 0.703. The number of nitrogens with zero attached hydrogens (tertiary/aromatic N) is 1. The van der Waals surface area contributed by atoms with Crippen LogP contribution < -0.4 is 11.0 Å². The number of hydrogen-bond donors (Lipinski definition) is 3. The van der Waals surface area contributed by atoms with E-state index in [1.165, 1.54) is 16.4 Å². The van der Waals surface area contributed by atoms with Gasteiger partial charge in [-0.3, -0.25) is 0 Å². The zero-order valence-electron chi connectivity index (χ0n) is 10.3. The molecule has 0 bridgehead atoms. The molecule has 1 saturated heterocycles. The second-order valence-electron chi connectivity index (χ2n) is 4.62. The van der Waals surface area contributed by atoms with Gasteiger partial charge < -0.3 is 15.3 Å². The number of fused-ring (bicyclic) bond motifs is 1. The van der Waals surface area contributed by atoms with E-state index in [2.05, 4.69) is 15.3 Å². The average Bonchev–Trinajstić information content (AvgIpc) is 2.65. The number of H-pyrrole nitrogens is 2. The van der Waals surface area contributed by atoms with E-state index in [4.69, 9.17) is 0 Å². The van der Waals surface area contributed by atoms with Crippen LogP contribution in [0.3, 0.4) is 0 Å². The highest BCUT2D eigenvalue weighted by molar-refractivity contribution is 7.89. The minimum absolute atomic E-state index is 0.00836. The zero-order chi connectivity index (χ0) is 13.6. The third kappa shape index (κ3) is 1.97. The minimum Gasteiger partial charge on any atom is -0.313 e. The SMILES string of the molecule is CN(C1CNC1)S(=O)(=O)c1ccc2[nH]c(=O)[nH]c2c1. The van der Waals surface area contributed by atoms with Gasteiger partial charge in [0.05, 0.1) is 15.9 Å². The van der Waals surface area contributed by atoms with Crippen molar-refractivity contribution in [1.82, 2.24) is 19.6 Å². The van der Waals surface area contributed by atoms with Crippen LogP contribution in [0.1, 0.15) is 0 Å². The first kappa shape index (κ1) is 12.4. The summed E-state index contributed by atoms with van der Waals surface area (Å²) >= 11 is 0. The van der Waals surface area contributed by atoms with Crippen molar-refractivity contribution in [3.05, 3.63) is 28.7 Å². The lowest BCUT2D eigenvalue weighted by Crippen LogP contribution is -2.57. The van der Waals surface area contributed by atoms with Gasteiger partial charge in [0.15, 0.2) is 0 Å². The van der Waals surface area contributed by atoms with Gasteiger partial charge in [0.25, 0.3) is 0 Å². The van der Waals surface area contributed by atoms with Gasteiger partial charge in [0, 0.05) is 26.2 Å². The fourth-order valence-corrected chi connectivity index (χ4v) is 3.45. The van der Waals surface area contributed by atoms with E-state index in [0.717, 1.165) is 0 Å². The Morgan fingerprint density at radius 3 is 2.53 bits per heavy atom. The Labute approximate surface area is 109 Å². The molecule has 8 heteroatoms. The molecule has 1 aromatic heterocycles. The largest absolute Gasteiger partial charge is 0.323 e. The number of sulfonamides is 1. The van der Waals surface area contributed by atoms with Crippen molar-refractivity contribution < 1.29 is 8.42 Å². The number of aromatic nitrogens is 2. The third-order valence-corrected chi connectivity index (χ3v) is 5.34. The summed E-state index contributed by atoms with van der Waals surface area (Å²) in [5.41, 5.74) is 0.740. The minimum atomic E-state index is -3.52. The van der Waals surface area contributed by atoms with E-state index in [1.54, 1.807) is 13.1 Å². The number of likely N-dealkylation sites (N-methyl/N-ethyl adjacent to an activating group) is 1. The molecule has 2 heterocycles. The Hall–Kier alpha value is -1.64. The maximum Gasteiger partial charge on any atom is 0.323 e. The molecule has 1 aliphatic rings. The molecule has 1 fully saturated rings. The van der Waals surface area contributed by atoms with Gasteiger partial charge in [-0.15, -0.1) is 0 Å². The van der Waals surface area contributed by atoms with Crippen LogP contribution in [0.2, 0.25) is 0 Å². The van der Waals surface area contributed by atoms with Gasteiger partial charge in [0.1, 0.15) is 0 Å². The molecule has 0 amide bonds. The molecule has 0 radical (unpaired) electrons. The molecule has 0 spiro atoms. The Kier molecular flexibility index (Phi) is 2.73. The topological polar surface area (TPSA) is 98.1 Å². The van der Waals surface area contributed by atoms with Crippen molar-refractivity contribution >= 4 is 21.1 Å². The van der Waals surface area contributed by atoms with Crippen molar-refractivity contribution in [2.24, 2.45) is 0 Å². The van der Waals surface area contributed by atoms with Crippen molar-refractivity contribution in [3.63, 3.8) is 0 Å². The lowest BCUT2D eigenvalue weighted by molar-refractivity contribution is 0.274. The Morgan fingerprint density at radius 1 is 1.21 bits per heavy atom. The summed E-state index contributed by atoms with van der Waals surface area (Å²) in [7, 11) is -1.95. The van der Waals surface area contributed by atoms with Gasteiger partial charge in [-0.1, -0.05) is 0 Å². The first-order valence-corrected chi connectivity index (χ1v) is 7.33. The molecule has 102 valence electrons. The first-order chi connectivity index (χ1) is 8.98. The molecule has 0 saturated carbocycles. The molecule has 19 heavy (non-hydrogen) atoms. The van der Waals surface area contributed by atoms with E-state index < -0.39 is 10.0 Å². The number of nitrogens with one attached hydrogen (secondary N) is 3. The van der Waals surface area contributed by atoms with Crippen LogP contribution in [0.4, 0.5) is 0 Å². The molecule has 3 N–H and O–H groups in total. The maximum atomic E-state index is 12.4. The summed E-state index contributed by atoms with van der Waals surface area (Å²) < 4.78 is 26.2. The number of aromatic amines is 2. The van der Waals surface area contributed by atoms with Crippen molar-refractivity contribution in [1.29, 1.82) is 0 Å². The zero-order valence-corrected chi connectivity index (χ0v) is 11.1. The second kappa shape index (κ2) is 4.19. The Balaban J connectivity index is 2.04. The number of benzene rings is 1. The Bertz CT molecular complexity index is 773. The standard InChI is InChI=1S/C11H14N4O3S/c1-15(7-5-12-6-7)19(17,18)8-2-3-9-10(4-8)14-11(16)13-9/h2-4,7,12H,5-6H2,1H3,(H2,13,14,16). The highest BCUT2D eigenvalue weighted by Crippen LogP contribution is 2.20. The average molecular weight is 282 g/mol. The molecule has 7 nitrogen and oxygen atoms in total. The fraction of sp³-hybridized carbons (Fsp3) is 0.364. The van der Waals surface area contributed by atoms with E-state index in [9.17, 15) is 13.2 Å². The fourth-order valence-electron chi connectivity index (χ4n) is 2.07. The number of hydrogen-bond acceptors (Lipinski definition) is 4. The van der Waals surface area contributed by atoms with Gasteiger partial charge >= 0.3 is 5.69 Å². The predicted octanol–water partition coefficient (Wildman–Crippen LogP) is -0.551. The van der Waals surface area contributed by atoms with Gasteiger partial charge in [-0.2, -0.15) is 4.31 Å². The smallest absolute Gasteiger partial charge is 0.313 e. The number of imidazole rings is 1. The molecule has 0 aliphatic carbocycles. The summed E-state index contributed by atoms with van der Waals surface area (Å²) in [5.74, 6) is 0. The predicted molar refractivity (Wildman–Crippen MR) is 70.5 cm³/mol. The van der Waals surface area contributed by atoms with Gasteiger partial charge in [0.2, 0.25) is 10.0 Å². The van der Waals surface area contributed by atoms with Crippen molar-refractivity contribution in [3.8, 4) is 0 Å². The molecular formula is C11H14N4O3S. The van der Waals surface area contributed by atoms with Crippen LogP contribution in [0.5, 0.6) is 0 Å². The normalized spacial score (nSPS) is 16.9. The molecule has 1 aromatic carbocycles. The second-order valence-corrected chi connectivity index (χ2v) is 6.62. The Morgan fingerprint density at radius 2 is 1.89 bits per heavy atom. The van der Waals surface area contributed by atoms with Crippen LogP contribution in [-0.2, 0) is 10.0 Å². The summed E-state index contributed by atoms with van der Waals surface area (Å²) in [5, 5.41) is 3.04. The van der Waals surface area contributed by atoms with Crippen LogP contribution >= 0.6 is 0 Å². The van der Waals surface area contributed by atoms with Gasteiger partial charge in [-0.05, 0) is 18.2 Å². The lowest BCUT2D eigenvalue weighted by Gasteiger charge is -2.34. The highest BCUT2D eigenvalue weighted by atomic mass is 32.2. The monoisotopic (exact) mass is 282 g/mol. The lowest BCUT2D eigenvalue weighted by atomic mass is 10.2. The molecule has 1 aliphatic heterocycles. The van der Waals surface area contributed by atoms with Crippen LogP contribution in [0, 0.1) is 0 Å². The molecule has 0 atom stereocenters. The molecule has 0 unspecified atom stereocenters. The van der Waals surface area contributed by atoms with E-state index in [0.29, 0.717) is 24.1 Å². The van der Waals surface area contributed by atoms with E-state index in [1.807, 2.05) is 0 Å². The molecule has 2 aromatic rings. The highest BCUT2D eigenvalue weighted by Gasteiger charge is 2.31. The summed E-state index contributed by atoms with van der Waals surface area (Å²) in [6.07, 6.45) is 0. The third-order valence-electron chi connectivity index (χ3n) is 3.44. The first-order valence-electron chi connectivity index (χ1n) is 5.89. The maximum absolute atomic E-state index is 12.4. The summed E-state index contributed by atoms with van der Waals surface area (Å²) in [6, 6.07) is 4.56. The summed E-state index contributed by atoms with van der Waals surface area (Å²) in [4.78, 5) is 16.5.